The molecule has 3 heteroatoms. The first-order chi connectivity index (χ1) is 9.15. The number of methoxy groups -OCH3 is 1. The topological polar surface area (TPSA) is 33.3 Å². The number of aryl methyl sites for hydroxylation is 2. The Bertz CT molecular complexity index is 425. The molecular formula is C16H26N2O. The molecule has 2 unspecified atom stereocenters. The molecule has 0 bridgehead atoms. The molecule has 2 atom stereocenters. The van der Waals surface area contributed by atoms with E-state index in [4.69, 9.17) is 4.74 Å². The molecule has 2 rings (SSSR count). The predicted octanol–water partition coefficient (Wildman–Crippen LogP) is 2.57. The normalized spacial score (nSPS) is 20.5. The molecule has 0 amide bonds. The standard InChI is InChI=1S/C16H26N2O/c1-11-8-16(19-4)12(2)7-14(11)15(17-3)9-13-5-6-18-10-13/h7-8,13,15,17-18H,5-6,9-10H2,1-4H3. The maximum absolute atomic E-state index is 5.40. The molecule has 0 spiro atoms. The van der Waals surface area contributed by atoms with Crippen LogP contribution in [-0.4, -0.2) is 27.2 Å². The Morgan fingerprint density at radius 3 is 2.74 bits per heavy atom. The fourth-order valence-electron chi connectivity index (χ4n) is 3.06. The summed E-state index contributed by atoms with van der Waals surface area (Å²) in [7, 11) is 3.80. The van der Waals surface area contributed by atoms with E-state index in [1.54, 1.807) is 7.11 Å². The number of rotatable bonds is 5. The van der Waals surface area contributed by atoms with Gasteiger partial charge in [-0.2, -0.15) is 0 Å². The highest BCUT2D eigenvalue weighted by Crippen LogP contribution is 2.30. The number of hydrogen-bond acceptors (Lipinski definition) is 3. The third-order valence-corrected chi connectivity index (χ3v) is 4.24. The molecule has 0 aromatic heterocycles. The van der Waals surface area contributed by atoms with E-state index in [1.165, 1.54) is 36.1 Å². The van der Waals surface area contributed by atoms with Crippen LogP contribution in [0.15, 0.2) is 12.1 Å². The molecule has 0 aliphatic carbocycles. The number of ether oxygens (including phenoxy) is 1. The van der Waals surface area contributed by atoms with Crippen molar-refractivity contribution in [2.24, 2.45) is 5.92 Å². The Balaban J connectivity index is 2.19. The van der Waals surface area contributed by atoms with E-state index in [2.05, 4.69) is 43.7 Å². The molecule has 2 N–H and O–H groups in total. The second kappa shape index (κ2) is 6.40. The van der Waals surface area contributed by atoms with Gasteiger partial charge in [0, 0.05) is 6.04 Å². The molecule has 1 aliphatic heterocycles. The van der Waals surface area contributed by atoms with Crippen LogP contribution < -0.4 is 15.4 Å². The molecular weight excluding hydrogens is 236 g/mol. The SMILES string of the molecule is CNC(CC1CCNC1)c1cc(C)c(OC)cc1C. The first kappa shape index (κ1) is 14.4. The number of nitrogens with one attached hydrogen (secondary N) is 2. The molecule has 0 saturated carbocycles. The molecule has 19 heavy (non-hydrogen) atoms. The van der Waals surface area contributed by atoms with Crippen LogP contribution in [0, 0.1) is 19.8 Å². The van der Waals surface area contributed by atoms with Gasteiger partial charge in [0.05, 0.1) is 7.11 Å². The zero-order chi connectivity index (χ0) is 13.8. The van der Waals surface area contributed by atoms with Gasteiger partial charge in [0.15, 0.2) is 0 Å². The van der Waals surface area contributed by atoms with Crippen LogP contribution in [0.4, 0.5) is 0 Å². The lowest BCUT2D eigenvalue weighted by Gasteiger charge is -2.23. The maximum Gasteiger partial charge on any atom is 0.122 e. The van der Waals surface area contributed by atoms with Gasteiger partial charge in [0.2, 0.25) is 0 Å². The zero-order valence-electron chi connectivity index (χ0n) is 12.5. The Labute approximate surface area is 116 Å². The van der Waals surface area contributed by atoms with E-state index < -0.39 is 0 Å². The Kier molecular flexibility index (Phi) is 4.83. The van der Waals surface area contributed by atoms with E-state index in [1.807, 2.05) is 0 Å². The molecule has 1 aromatic rings. The van der Waals surface area contributed by atoms with Crippen molar-refractivity contribution in [2.75, 3.05) is 27.2 Å². The van der Waals surface area contributed by atoms with Crippen molar-refractivity contribution in [1.82, 2.24) is 10.6 Å². The van der Waals surface area contributed by atoms with Gasteiger partial charge in [0.1, 0.15) is 5.75 Å². The van der Waals surface area contributed by atoms with Gasteiger partial charge < -0.3 is 15.4 Å². The first-order valence-corrected chi connectivity index (χ1v) is 7.18. The number of benzene rings is 1. The van der Waals surface area contributed by atoms with Crippen LogP contribution in [0.3, 0.4) is 0 Å². The highest BCUT2D eigenvalue weighted by atomic mass is 16.5. The maximum atomic E-state index is 5.40. The quantitative estimate of drug-likeness (QED) is 0.855. The summed E-state index contributed by atoms with van der Waals surface area (Å²) >= 11 is 0. The molecule has 1 fully saturated rings. The minimum Gasteiger partial charge on any atom is -0.496 e. The molecule has 1 heterocycles. The molecule has 1 aromatic carbocycles. The number of hydrogen-bond donors (Lipinski definition) is 2. The summed E-state index contributed by atoms with van der Waals surface area (Å²) in [5, 5.41) is 6.93. The predicted molar refractivity (Wildman–Crippen MR) is 79.9 cm³/mol. The lowest BCUT2D eigenvalue weighted by Crippen LogP contribution is -2.22. The average Bonchev–Trinajstić information content (AvgIpc) is 2.91. The Morgan fingerprint density at radius 2 is 2.16 bits per heavy atom. The van der Waals surface area contributed by atoms with Crippen LogP contribution in [0.25, 0.3) is 0 Å². The van der Waals surface area contributed by atoms with Gasteiger partial charge in [-0.25, -0.2) is 0 Å². The smallest absolute Gasteiger partial charge is 0.122 e. The van der Waals surface area contributed by atoms with Crippen molar-refractivity contribution in [3.63, 3.8) is 0 Å². The van der Waals surface area contributed by atoms with Crippen molar-refractivity contribution in [1.29, 1.82) is 0 Å². The van der Waals surface area contributed by atoms with Crippen molar-refractivity contribution in [2.45, 2.75) is 32.7 Å². The van der Waals surface area contributed by atoms with Gasteiger partial charge in [-0.15, -0.1) is 0 Å². The van der Waals surface area contributed by atoms with E-state index in [0.29, 0.717) is 6.04 Å². The fraction of sp³-hybridized carbons (Fsp3) is 0.625. The minimum atomic E-state index is 0.439. The van der Waals surface area contributed by atoms with Gasteiger partial charge in [-0.05, 0) is 75.5 Å². The van der Waals surface area contributed by atoms with E-state index in [-0.39, 0.29) is 0 Å². The van der Waals surface area contributed by atoms with Crippen LogP contribution in [0.1, 0.15) is 35.6 Å². The summed E-state index contributed by atoms with van der Waals surface area (Å²) in [6, 6.07) is 4.87. The Hall–Kier alpha value is -1.06. The van der Waals surface area contributed by atoms with Crippen LogP contribution in [0.5, 0.6) is 5.75 Å². The summed E-state index contributed by atoms with van der Waals surface area (Å²) in [6.45, 7) is 6.62. The second-order valence-electron chi connectivity index (χ2n) is 5.61. The van der Waals surface area contributed by atoms with Gasteiger partial charge >= 0.3 is 0 Å². The Morgan fingerprint density at radius 1 is 1.37 bits per heavy atom. The highest BCUT2D eigenvalue weighted by molar-refractivity contribution is 5.42. The third kappa shape index (κ3) is 3.28. The van der Waals surface area contributed by atoms with Gasteiger partial charge in [-0.3, -0.25) is 0 Å². The van der Waals surface area contributed by atoms with E-state index >= 15 is 0 Å². The average molecular weight is 262 g/mol. The monoisotopic (exact) mass is 262 g/mol. The summed E-state index contributed by atoms with van der Waals surface area (Å²) in [5.41, 5.74) is 3.94. The van der Waals surface area contributed by atoms with Crippen molar-refractivity contribution < 1.29 is 4.74 Å². The molecule has 106 valence electrons. The molecule has 3 nitrogen and oxygen atoms in total. The van der Waals surface area contributed by atoms with Gasteiger partial charge in [-0.1, -0.05) is 6.07 Å². The molecule has 1 aliphatic rings. The van der Waals surface area contributed by atoms with E-state index in [0.717, 1.165) is 18.2 Å². The summed E-state index contributed by atoms with van der Waals surface area (Å²) in [4.78, 5) is 0. The fourth-order valence-corrected chi connectivity index (χ4v) is 3.06. The van der Waals surface area contributed by atoms with Crippen molar-refractivity contribution >= 4 is 0 Å². The largest absolute Gasteiger partial charge is 0.496 e. The lowest BCUT2D eigenvalue weighted by molar-refractivity contribution is 0.408. The van der Waals surface area contributed by atoms with Crippen molar-refractivity contribution in [3.8, 4) is 5.75 Å². The third-order valence-electron chi connectivity index (χ3n) is 4.24. The van der Waals surface area contributed by atoms with Crippen LogP contribution >= 0.6 is 0 Å². The zero-order valence-corrected chi connectivity index (χ0v) is 12.5. The van der Waals surface area contributed by atoms with Crippen LogP contribution in [-0.2, 0) is 0 Å². The molecule has 1 saturated heterocycles. The molecule has 0 radical (unpaired) electrons. The second-order valence-corrected chi connectivity index (χ2v) is 5.61. The summed E-state index contributed by atoms with van der Waals surface area (Å²) < 4.78 is 5.40. The first-order valence-electron chi connectivity index (χ1n) is 7.18. The van der Waals surface area contributed by atoms with Crippen molar-refractivity contribution in [3.05, 3.63) is 28.8 Å². The summed E-state index contributed by atoms with van der Waals surface area (Å²) in [6.07, 6.45) is 2.50. The van der Waals surface area contributed by atoms with E-state index in [9.17, 15) is 0 Å². The highest BCUT2D eigenvalue weighted by Gasteiger charge is 2.21. The van der Waals surface area contributed by atoms with Gasteiger partial charge in [0.25, 0.3) is 0 Å². The minimum absolute atomic E-state index is 0.439. The lowest BCUT2D eigenvalue weighted by atomic mass is 9.90. The summed E-state index contributed by atoms with van der Waals surface area (Å²) in [5.74, 6) is 1.78. The van der Waals surface area contributed by atoms with Crippen LogP contribution in [0.2, 0.25) is 0 Å².